The molecule has 0 saturated heterocycles. The molecule has 0 unspecified atom stereocenters. The summed E-state index contributed by atoms with van der Waals surface area (Å²) in [4.78, 5) is 12.8. The molecule has 0 fully saturated rings. The highest BCUT2D eigenvalue weighted by Gasteiger charge is 2.03. The molecule has 18 heavy (non-hydrogen) atoms. The molecule has 3 nitrogen and oxygen atoms in total. The van der Waals surface area contributed by atoms with Gasteiger partial charge in [0.2, 0.25) is 5.91 Å². The Bertz CT molecular complexity index is 369. The first kappa shape index (κ1) is 15.1. The summed E-state index contributed by atoms with van der Waals surface area (Å²) in [6, 6.07) is 8.10. The van der Waals surface area contributed by atoms with Crippen LogP contribution in [0.25, 0.3) is 0 Å². The average molecular weight is 267 g/mol. The molecule has 0 aliphatic heterocycles. The minimum absolute atomic E-state index is 0.0831. The van der Waals surface area contributed by atoms with Gasteiger partial charge in [-0.1, -0.05) is 18.2 Å². The van der Waals surface area contributed by atoms with E-state index >= 15 is 0 Å². The second-order valence-electron chi connectivity index (χ2n) is 3.95. The van der Waals surface area contributed by atoms with Gasteiger partial charge in [-0.05, 0) is 31.9 Å². The third-order valence-corrected chi connectivity index (χ3v) is 3.62. The minimum atomic E-state index is 0.0831. The lowest BCUT2D eigenvalue weighted by Crippen LogP contribution is -2.26. The highest BCUT2D eigenvalue weighted by molar-refractivity contribution is 8.00. The van der Waals surface area contributed by atoms with Crippen molar-refractivity contribution in [3.05, 3.63) is 29.8 Å². The Morgan fingerprint density at radius 2 is 2.17 bits per heavy atom. The number of rotatable bonds is 8. The van der Waals surface area contributed by atoms with E-state index < -0.39 is 0 Å². The molecule has 100 valence electrons. The van der Waals surface area contributed by atoms with Crippen LogP contribution in [-0.2, 0) is 9.53 Å². The lowest BCUT2D eigenvalue weighted by atomic mass is 10.2. The monoisotopic (exact) mass is 267 g/mol. The fourth-order valence-electron chi connectivity index (χ4n) is 1.46. The van der Waals surface area contributed by atoms with Gasteiger partial charge in [0.15, 0.2) is 0 Å². The molecule has 0 heterocycles. The fourth-order valence-corrected chi connectivity index (χ4v) is 2.32. The van der Waals surface area contributed by atoms with Crippen molar-refractivity contribution >= 4 is 17.7 Å². The molecule has 0 spiro atoms. The predicted molar refractivity (Wildman–Crippen MR) is 76.0 cm³/mol. The Labute approximate surface area is 113 Å². The van der Waals surface area contributed by atoms with Gasteiger partial charge < -0.3 is 10.1 Å². The largest absolute Gasteiger partial charge is 0.382 e. The van der Waals surface area contributed by atoms with Crippen LogP contribution in [0.5, 0.6) is 0 Å². The van der Waals surface area contributed by atoms with Crippen LogP contribution in [0.1, 0.15) is 18.9 Å². The summed E-state index contributed by atoms with van der Waals surface area (Å²) in [6.07, 6.45) is 0.870. The standard InChI is InChI=1S/C14H21NO2S/c1-3-17-10-6-9-15-14(16)11-18-13-8-5-4-7-12(13)2/h4-5,7-8H,3,6,9-11H2,1-2H3,(H,15,16). The number of amides is 1. The third-order valence-electron chi connectivity index (χ3n) is 2.44. The highest BCUT2D eigenvalue weighted by atomic mass is 32.2. The van der Waals surface area contributed by atoms with Crippen LogP contribution >= 0.6 is 11.8 Å². The number of benzene rings is 1. The van der Waals surface area contributed by atoms with Gasteiger partial charge in [0.25, 0.3) is 0 Å². The molecular formula is C14H21NO2S. The molecule has 0 aromatic heterocycles. The molecule has 4 heteroatoms. The van der Waals surface area contributed by atoms with Crippen LogP contribution in [0.4, 0.5) is 0 Å². The van der Waals surface area contributed by atoms with E-state index in [-0.39, 0.29) is 5.91 Å². The SMILES string of the molecule is CCOCCCNC(=O)CSc1ccccc1C. The van der Waals surface area contributed by atoms with E-state index in [1.807, 2.05) is 25.1 Å². The van der Waals surface area contributed by atoms with Crippen molar-refractivity contribution in [3.63, 3.8) is 0 Å². The van der Waals surface area contributed by atoms with Gasteiger partial charge in [-0.25, -0.2) is 0 Å². The molecule has 0 radical (unpaired) electrons. The number of aryl methyl sites for hydroxylation is 1. The zero-order valence-electron chi connectivity index (χ0n) is 11.1. The van der Waals surface area contributed by atoms with E-state index in [4.69, 9.17) is 4.74 Å². The van der Waals surface area contributed by atoms with Crippen molar-refractivity contribution in [2.75, 3.05) is 25.5 Å². The number of ether oxygens (including phenoxy) is 1. The molecule has 1 rings (SSSR count). The van der Waals surface area contributed by atoms with Crippen molar-refractivity contribution < 1.29 is 9.53 Å². The Kier molecular flexibility index (Phi) is 7.53. The van der Waals surface area contributed by atoms with Gasteiger partial charge in [0.05, 0.1) is 5.75 Å². The van der Waals surface area contributed by atoms with Crippen LogP contribution < -0.4 is 5.32 Å². The van der Waals surface area contributed by atoms with Gasteiger partial charge in [0.1, 0.15) is 0 Å². The molecule has 1 aromatic rings. The smallest absolute Gasteiger partial charge is 0.230 e. The maximum atomic E-state index is 11.6. The first-order valence-electron chi connectivity index (χ1n) is 6.27. The molecule has 1 aromatic carbocycles. The summed E-state index contributed by atoms with van der Waals surface area (Å²) in [7, 11) is 0. The Morgan fingerprint density at radius 3 is 2.89 bits per heavy atom. The predicted octanol–water partition coefficient (Wildman–Crippen LogP) is 2.63. The van der Waals surface area contributed by atoms with E-state index in [0.29, 0.717) is 18.9 Å². The zero-order valence-corrected chi connectivity index (χ0v) is 11.9. The number of carbonyl (C=O) groups excluding carboxylic acids is 1. The van der Waals surface area contributed by atoms with E-state index in [0.717, 1.165) is 13.0 Å². The van der Waals surface area contributed by atoms with Gasteiger partial charge in [0, 0.05) is 24.7 Å². The Balaban J connectivity index is 2.15. The van der Waals surface area contributed by atoms with Crippen LogP contribution in [0.3, 0.4) is 0 Å². The molecule has 0 aliphatic rings. The molecule has 0 aliphatic carbocycles. The van der Waals surface area contributed by atoms with Crippen LogP contribution in [0, 0.1) is 6.92 Å². The van der Waals surface area contributed by atoms with Gasteiger partial charge >= 0.3 is 0 Å². The minimum Gasteiger partial charge on any atom is -0.382 e. The Hall–Kier alpha value is -1.00. The fraction of sp³-hybridized carbons (Fsp3) is 0.500. The summed E-state index contributed by atoms with van der Waals surface area (Å²) in [5, 5.41) is 2.89. The summed E-state index contributed by atoms with van der Waals surface area (Å²) in [5.41, 5.74) is 1.21. The van der Waals surface area contributed by atoms with Gasteiger partial charge in [-0.15, -0.1) is 11.8 Å². The van der Waals surface area contributed by atoms with Crippen molar-refractivity contribution in [2.24, 2.45) is 0 Å². The second kappa shape index (κ2) is 9.00. The topological polar surface area (TPSA) is 38.3 Å². The van der Waals surface area contributed by atoms with E-state index in [2.05, 4.69) is 18.3 Å². The van der Waals surface area contributed by atoms with E-state index in [1.54, 1.807) is 11.8 Å². The second-order valence-corrected chi connectivity index (χ2v) is 4.97. The third kappa shape index (κ3) is 6.07. The van der Waals surface area contributed by atoms with Crippen LogP contribution in [0.2, 0.25) is 0 Å². The molecule has 0 atom stereocenters. The molecule has 0 bridgehead atoms. The van der Waals surface area contributed by atoms with E-state index in [1.165, 1.54) is 10.5 Å². The Morgan fingerprint density at radius 1 is 1.39 bits per heavy atom. The average Bonchev–Trinajstić information content (AvgIpc) is 2.37. The molecular weight excluding hydrogens is 246 g/mol. The number of thioether (sulfide) groups is 1. The molecule has 0 saturated carbocycles. The number of hydrogen-bond donors (Lipinski definition) is 1. The van der Waals surface area contributed by atoms with E-state index in [9.17, 15) is 4.79 Å². The van der Waals surface area contributed by atoms with Crippen molar-refractivity contribution in [2.45, 2.75) is 25.2 Å². The van der Waals surface area contributed by atoms with Crippen molar-refractivity contribution in [1.82, 2.24) is 5.32 Å². The van der Waals surface area contributed by atoms with Crippen molar-refractivity contribution in [1.29, 1.82) is 0 Å². The van der Waals surface area contributed by atoms with Crippen molar-refractivity contribution in [3.8, 4) is 0 Å². The van der Waals surface area contributed by atoms with Crippen LogP contribution in [-0.4, -0.2) is 31.4 Å². The quantitative estimate of drug-likeness (QED) is 0.581. The number of hydrogen-bond acceptors (Lipinski definition) is 3. The first-order valence-corrected chi connectivity index (χ1v) is 7.25. The zero-order chi connectivity index (χ0) is 13.2. The first-order chi connectivity index (χ1) is 8.74. The number of carbonyl (C=O) groups is 1. The maximum absolute atomic E-state index is 11.6. The molecule has 1 N–H and O–H groups in total. The maximum Gasteiger partial charge on any atom is 0.230 e. The lowest BCUT2D eigenvalue weighted by molar-refractivity contribution is -0.118. The number of nitrogens with one attached hydrogen (secondary N) is 1. The summed E-state index contributed by atoms with van der Waals surface area (Å²) < 4.78 is 5.20. The molecule has 1 amide bonds. The summed E-state index contributed by atoms with van der Waals surface area (Å²) in [6.45, 7) is 6.16. The lowest BCUT2D eigenvalue weighted by Gasteiger charge is -2.06. The van der Waals surface area contributed by atoms with Gasteiger partial charge in [-0.2, -0.15) is 0 Å². The summed E-state index contributed by atoms with van der Waals surface area (Å²) >= 11 is 1.58. The van der Waals surface area contributed by atoms with Gasteiger partial charge in [-0.3, -0.25) is 4.79 Å². The summed E-state index contributed by atoms with van der Waals surface area (Å²) in [5.74, 6) is 0.555. The normalized spacial score (nSPS) is 10.3. The highest BCUT2D eigenvalue weighted by Crippen LogP contribution is 2.21. The van der Waals surface area contributed by atoms with Crippen LogP contribution in [0.15, 0.2) is 29.2 Å².